The molecule has 1 aromatic carbocycles. The molecule has 32 heavy (non-hydrogen) atoms. The van der Waals surface area contributed by atoms with E-state index in [0.29, 0.717) is 51.7 Å². The van der Waals surface area contributed by atoms with E-state index in [1.54, 1.807) is 17.0 Å². The van der Waals surface area contributed by atoms with Gasteiger partial charge < -0.3 is 23.7 Å². The molecule has 1 atom stereocenters. The van der Waals surface area contributed by atoms with Crippen LogP contribution in [0.15, 0.2) is 41.0 Å². The van der Waals surface area contributed by atoms with Crippen molar-refractivity contribution in [3.63, 3.8) is 0 Å². The summed E-state index contributed by atoms with van der Waals surface area (Å²) < 4.78 is 16.8. The highest BCUT2D eigenvalue weighted by atomic mass is 16.5. The molecule has 5 rings (SSSR count). The Hall–Kier alpha value is -3.00. The molecular weight excluding hydrogens is 410 g/mol. The van der Waals surface area contributed by atoms with Gasteiger partial charge >= 0.3 is 0 Å². The lowest BCUT2D eigenvalue weighted by atomic mass is 10.0. The number of amides is 2. The highest BCUT2D eigenvalue weighted by Crippen LogP contribution is 2.38. The summed E-state index contributed by atoms with van der Waals surface area (Å²) in [5.41, 5.74) is 1.11. The number of hydrogen-bond donors (Lipinski definition) is 0. The van der Waals surface area contributed by atoms with E-state index in [-0.39, 0.29) is 17.9 Å². The molecule has 1 aromatic heterocycles. The first kappa shape index (κ1) is 20.9. The predicted octanol–water partition coefficient (Wildman–Crippen LogP) is 2.56. The summed E-state index contributed by atoms with van der Waals surface area (Å²) in [6.45, 7) is 5.02. The van der Waals surface area contributed by atoms with Crippen molar-refractivity contribution in [2.24, 2.45) is 0 Å². The zero-order valence-electron chi connectivity index (χ0n) is 18.2. The number of piperazine rings is 1. The first-order chi connectivity index (χ1) is 15.7. The van der Waals surface area contributed by atoms with Crippen LogP contribution in [0.2, 0.25) is 0 Å². The van der Waals surface area contributed by atoms with E-state index in [2.05, 4.69) is 11.0 Å². The Balaban J connectivity index is 1.19. The first-order valence-electron chi connectivity index (χ1n) is 11.4. The molecule has 3 aliphatic heterocycles. The molecule has 8 heteroatoms. The predicted molar refractivity (Wildman–Crippen MR) is 117 cm³/mol. The van der Waals surface area contributed by atoms with E-state index >= 15 is 0 Å². The lowest BCUT2D eigenvalue weighted by Gasteiger charge is -2.35. The maximum absolute atomic E-state index is 13.2. The second-order valence-electron chi connectivity index (χ2n) is 8.55. The van der Waals surface area contributed by atoms with Gasteiger partial charge in [-0.3, -0.25) is 14.5 Å². The standard InChI is InChI=1S/C24H29N3O5/c28-23(17-25-9-11-26(12-10-25)24(29)21-5-2-13-31-21)27-8-1-4-19(27)18-6-7-20-22(16-18)32-15-3-14-30-20/h2,5-7,13,16,19H,1,3-4,8-12,14-15,17H2/t19-/m0/s1. The minimum atomic E-state index is -0.0880. The fraction of sp³-hybridized carbons (Fsp3) is 0.500. The normalized spacial score (nSPS) is 21.4. The number of ether oxygens (including phenoxy) is 2. The summed E-state index contributed by atoms with van der Waals surface area (Å²) in [6, 6.07) is 9.54. The van der Waals surface area contributed by atoms with Crippen molar-refractivity contribution < 1.29 is 23.5 Å². The molecule has 0 N–H and O–H groups in total. The third-order valence-corrected chi connectivity index (χ3v) is 6.48. The Morgan fingerprint density at radius 3 is 2.53 bits per heavy atom. The van der Waals surface area contributed by atoms with E-state index in [1.807, 2.05) is 17.0 Å². The van der Waals surface area contributed by atoms with Gasteiger partial charge in [0.25, 0.3) is 5.91 Å². The number of likely N-dealkylation sites (tertiary alicyclic amines) is 1. The molecule has 170 valence electrons. The third kappa shape index (κ3) is 4.32. The molecule has 0 radical (unpaired) electrons. The van der Waals surface area contributed by atoms with Gasteiger partial charge in [0, 0.05) is 39.1 Å². The average Bonchev–Trinajstić information content (AvgIpc) is 3.48. The minimum absolute atomic E-state index is 0.0708. The van der Waals surface area contributed by atoms with E-state index < -0.39 is 0 Å². The fourth-order valence-electron chi connectivity index (χ4n) is 4.75. The van der Waals surface area contributed by atoms with Crippen molar-refractivity contribution >= 4 is 11.8 Å². The van der Waals surface area contributed by atoms with Gasteiger partial charge in [-0.1, -0.05) is 6.07 Å². The van der Waals surface area contributed by atoms with E-state index in [1.165, 1.54) is 6.26 Å². The SMILES string of the molecule is O=C(c1ccco1)N1CCN(CC(=O)N2CCC[C@H]2c2ccc3c(c2)OCCCO3)CC1. The lowest BCUT2D eigenvalue weighted by molar-refractivity contribution is -0.133. The summed E-state index contributed by atoms with van der Waals surface area (Å²) in [6.07, 6.45) is 4.34. The quantitative estimate of drug-likeness (QED) is 0.729. The van der Waals surface area contributed by atoms with Crippen LogP contribution in [-0.2, 0) is 4.79 Å². The molecule has 8 nitrogen and oxygen atoms in total. The molecule has 4 heterocycles. The van der Waals surface area contributed by atoms with Crippen molar-refractivity contribution in [1.29, 1.82) is 0 Å². The fourth-order valence-corrected chi connectivity index (χ4v) is 4.75. The number of fused-ring (bicyclic) bond motifs is 1. The van der Waals surface area contributed by atoms with Crippen molar-refractivity contribution in [3.8, 4) is 11.5 Å². The Labute approximate surface area is 187 Å². The average molecular weight is 440 g/mol. The number of nitrogens with zero attached hydrogens (tertiary/aromatic N) is 3. The zero-order chi connectivity index (χ0) is 21.9. The minimum Gasteiger partial charge on any atom is -0.490 e. The van der Waals surface area contributed by atoms with Gasteiger partial charge in [-0.25, -0.2) is 0 Å². The number of hydrogen-bond acceptors (Lipinski definition) is 6. The Kier molecular flexibility index (Phi) is 6.03. The lowest BCUT2D eigenvalue weighted by Crippen LogP contribution is -2.51. The van der Waals surface area contributed by atoms with E-state index in [9.17, 15) is 9.59 Å². The molecule has 0 bridgehead atoms. The Morgan fingerprint density at radius 2 is 1.75 bits per heavy atom. The van der Waals surface area contributed by atoms with Crippen molar-refractivity contribution in [2.75, 3.05) is 52.5 Å². The van der Waals surface area contributed by atoms with Gasteiger partial charge in [0.1, 0.15) is 0 Å². The van der Waals surface area contributed by atoms with Crippen LogP contribution in [0.5, 0.6) is 11.5 Å². The summed E-state index contributed by atoms with van der Waals surface area (Å²) in [5, 5.41) is 0. The van der Waals surface area contributed by atoms with E-state index in [0.717, 1.165) is 42.9 Å². The maximum atomic E-state index is 13.2. The maximum Gasteiger partial charge on any atom is 0.289 e. The second kappa shape index (κ2) is 9.24. The molecule has 2 saturated heterocycles. The van der Waals surface area contributed by atoms with Crippen LogP contribution < -0.4 is 9.47 Å². The van der Waals surface area contributed by atoms with Gasteiger partial charge in [0.05, 0.1) is 32.1 Å². The molecule has 3 aliphatic rings. The highest BCUT2D eigenvalue weighted by molar-refractivity contribution is 5.91. The molecule has 0 unspecified atom stereocenters. The Morgan fingerprint density at radius 1 is 0.938 bits per heavy atom. The number of benzene rings is 1. The number of carbonyl (C=O) groups excluding carboxylic acids is 2. The van der Waals surface area contributed by atoms with Crippen molar-refractivity contribution in [2.45, 2.75) is 25.3 Å². The third-order valence-electron chi connectivity index (χ3n) is 6.48. The largest absolute Gasteiger partial charge is 0.490 e. The number of rotatable bonds is 4. The summed E-state index contributed by atoms with van der Waals surface area (Å²) in [7, 11) is 0. The van der Waals surface area contributed by atoms with Crippen LogP contribution in [0.25, 0.3) is 0 Å². The molecular formula is C24H29N3O5. The smallest absolute Gasteiger partial charge is 0.289 e. The zero-order valence-corrected chi connectivity index (χ0v) is 18.2. The molecule has 2 amide bonds. The van der Waals surface area contributed by atoms with Crippen LogP contribution in [0.3, 0.4) is 0 Å². The van der Waals surface area contributed by atoms with Crippen LogP contribution in [0.1, 0.15) is 41.4 Å². The molecule has 0 spiro atoms. The van der Waals surface area contributed by atoms with Gasteiger partial charge in [-0.05, 0) is 42.7 Å². The first-order valence-corrected chi connectivity index (χ1v) is 11.4. The molecule has 0 saturated carbocycles. The number of furan rings is 1. The van der Waals surface area contributed by atoms with Crippen LogP contribution in [0, 0.1) is 0 Å². The topological polar surface area (TPSA) is 75.5 Å². The summed E-state index contributed by atoms with van der Waals surface area (Å²) in [5.74, 6) is 1.98. The van der Waals surface area contributed by atoms with Gasteiger partial charge in [-0.2, -0.15) is 0 Å². The Bertz CT molecular complexity index is 953. The van der Waals surface area contributed by atoms with Crippen molar-refractivity contribution in [3.05, 3.63) is 47.9 Å². The van der Waals surface area contributed by atoms with E-state index in [4.69, 9.17) is 13.9 Å². The summed E-state index contributed by atoms with van der Waals surface area (Å²) in [4.78, 5) is 31.5. The monoisotopic (exact) mass is 439 g/mol. The van der Waals surface area contributed by atoms with Gasteiger partial charge in [0.15, 0.2) is 17.3 Å². The van der Waals surface area contributed by atoms with Crippen molar-refractivity contribution in [1.82, 2.24) is 14.7 Å². The number of carbonyl (C=O) groups is 2. The molecule has 2 aromatic rings. The second-order valence-corrected chi connectivity index (χ2v) is 8.55. The molecule has 0 aliphatic carbocycles. The van der Waals surface area contributed by atoms with Crippen LogP contribution in [-0.4, -0.2) is 79.0 Å². The highest BCUT2D eigenvalue weighted by Gasteiger charge is 2.32. The molecule has 2 fully saturated rings. The van der Waals surface area contributed by atoms with Gasteiger partial charge in [-0.15, -0.1) is 0 Å². The van der Waals surface area contributed by atoms with Crippen LogP contribution >= 0.6 is 0 Å². The summed E-state index contributed by atoms with van der Waals surface area (Å²) >= 11 is 0. The van der Waals surface area contributed by atoms with Crippen LogP contribution in [0.4, 0.5) is 0 Å². The van der Waals surface area contributed by atoms with Gasteiger partial charge in [0.2, 0.25) is 5.91 Å².